The molecule has 0 fully saturated rings. The summed E-state index contributed by atoms with van der Waals surface area (Å²) in [5, 5.41) is 4.09. The number of rotatable bonds is 6. The topological polar surface area (TPSA) is 77.8 Å². The maximum Gasteiger partial charge on any atom is 2.00 e. The predicted octanol–water partition coefficient (Wildman–Crippen LogP) is 16.1. The second-order valence-corrected chi connectivity index (χ2v) is 22.2. The van der Waals surface area contributed by atoms with Crippen LogP contribution in [0.2, 0.25) is 0 Å². The number of hydrogen-bond acceptors (Lipinski definition) is 6. The molecule has 0 N–H and O–H groups in total. The fourth-order valence-electron chi connectivity index (χ4n) is 9.82. The van der Waals surface area contributed by atoms with Crippen LogP contribution in [0.25, 0.3) is 88.9 Å². The minimum absolute atomic E-state index is 0. The van der Waals surface area contributed by atoms with Crippen LogP contribution in [-0.4, -0.2) is 19.9 Å². The molecule has 10 rings (SSSR count). The summed E-state index contributed by atoms with van der Waals surface area (Å²) in [6.07, 6.45) is 3.90. The van der Waals surface area contributed by atoms with Gasteiger partial charge in [-0.05, 0) is 73.9 Å². The van der Waals surface area contributed by atoms with Crippen LogP contribution in [0.1, 0.15) is 116 Å². The quantitative estimate of drug-likeness (QED) is 0.154. The molecule has 0 saturated carbocycles. The molecule has 7 heteroatoms. The summed E-state index contributed by atoms with van der Waals surface area (Å²) in [5.41, 5.74) is 16.7. The Hall–Kier alpha value is -6.23. The molecule has 68 heavy (non-hydrogen) atoms. The molecule has 4 heterocycles. The van der Waals surface area contributed by atoms with Gasteiger partial charge in [-0.1, -0.05) is 190 Å². The molecule has 0 radical (unpaired) electrons. The molecule has 0 aliphatic rings. The van der Waals surface area contributed by atoms with E-state index in [2.05, 4.69) is 180 Å². The van der Waals surface area contributed by atoms with E-state index in [1.165, 1.54) is 22.3 Å². The monoisotopic (exact) mass is 1070 g/mol. The minimum atomic E-state index is -0.115. The van der Waals surface area contributed by atoms with Gasteiger partial charge < -0.3 is 8.83 Å². The average molecular weight is 1070 g/mol. The van der Waals surface area contributed by atoms with Gasteiger partial charge in [-0.25, -0.2) is 9.97 Å². The Bertz CT molecular complexity index is 3250. The molecule has 344 valence electrons. The summed E-state index contributed by atoms with van der Waals surface area (Å²) < 4.78 is 13.4. The molecule has 0 bridgehead atoms. The van der Waals surface area contributed by atoms with Gasteiger partial charge in [-0.3, -0.25) is 9.97 Å². The third-order valence-electron chi connectivity index (χ3n) is 13.0. The number of furan rings is 2. The molecule has 0 saturated heterocycles. The number of aromatic nitrogens is 4. The molecule has 0 aliphatic heterocycles. The van der Waals surface area contributed by atoms with Crippen LogP contribution in [0.15, 0.2) is 131 Å². The third kappa shape index (κ3) is 8.51. The van der Waals surface area contributed by atoms with Crippen molar-refractivity contribution in [2.45, 2.75) is 111 Å². The minimum Gasteiger partial charge on any atom is -0.501 e. The molecular formula is C61H58N4O2Pt. The van der Waals surface area contributed by atoms with E-state index in [0.717, 1.165) is 100 Å². The van der Waals surface area contributed by atoms with Crippen molar-refractivity contribution >= 4 is 43.9 Å². The number of para-hydroxylation sites is 2. The standard InChI is InChI=1S/C61H58N4O2.Pt/c1-58(2,3)44-21-17-22-45(59(4,5)6)54(44)50-32-48(62-34-64-50)42-30-36(28-40-38-19-13-15-25-52(38)66-56(40)42)27-37-29-41-39-20-14-16-26-53(39)67-57(41)43(31-37)49-33-51(65-35-63-49)55-46(60(7,8)9)23-18-24-47(55)61(10,11)12;/h13-26,28-29,32-35H,27H2,1-12H3;/q-2;+2. The summed E-state index contributed by atoms with van der Waals surface area (Å²) in [5.74, 6) is 0. The summed E-state index contributed by atoms with van der Waals surface area (Å²) in [6, 6.07) is 46.1. The van der Waals surface area contributed by atoms with Crippen molar-refractivity contribution in [2.24, 2.45) is 0 Å². The number of nitrogens with zero attached hydrogens (tertiary/aromatic N) is 4. The molecule has 6 aromatic carbocycles. The van der Waals surface area contributed by atoms with Gasteiger partial charge in [0.1, 0.15) is 23.8 Å². The smallest absolute Gasteiger partial charge is 0.501 e. The molecule has 0 spiro atoms. The fourth-order valence-corrected chi connectivity index (χ4v) is 9.82. The largest absolute Gasteiger partial charge is 2.00 e. The first-order valence-electron chi connectivity index (χ1n) is 23.4. The number of fused-ring (bicyclic) bond motifs is 6. The van der Waals surface area contributed by atoms with Crippen LogP contribution in [0.5, 0.6) is 0 Å². The third-order valence-corrected chi connectivity index (χ3v) is 13.0. The van der Waals surface area contributed by atoms with E-state index in [1.807, 2.05) is 24.3 Å². The van der Waals surface area contributed by atoms with Gasteiger partial charge in [0.05, 0.1) is 22.6 Å². The van der Waals surface area contributed by atoms with Gasteiger partial charge >= 0.3 is 21.1 Å². The van der Waals surface area contributed by atoms with Crippen LogP contribution < -0.4 is 0 Å². The van der Waals surface area contributed by atoms with Gasteiger partial charge in [-0.2, -0.15) is 0 Å². The Balaban J connectivity index is 0.00000578. The molecule has 4 aromatic heterocycles. The Morgan fingerprint density at radius 2 is 0.735 bits per heavy atom. The Morgan fingerprint density at radius 3 is 1.09 bits per heavy atom. The number of benzene rings is 6. The Morgan fingerprint density at radius 1 is 0.397 bits per heavy atom. The molecule has 0 atom stereocenters. The SMILES string of the molecule is CC(C)(C)c1cccc(C(C)(C)C)c1-c1cc(-c2[c-]c(Cc3[c-]c(-c4cc(-c5c(C(C)(C)C)cccc5C(C)(C)C)ncn4)c4oc5ccccc5c4c3)cc3c2oc2ccccc23)ncn1.[Pt+2]. The summed E-state index contributed by atoms with van der Waals surface area (Å²) >= 11 is 0. The summed E-state index contributed by atoms with van der Waals surface area (Å²) in [6.45, 7) is 27.2. The van der Waals surface area contributed by atoms with E-state index in [4.69, 9.17) is 28.8 Å². The zero-order valence-electron chi connectivity index (χ0n) is 41.2. The first-order valence-corrected chi connectivity index (χ1v) is 23.4. The normalized spacial score (nSPS) is 12.6. The molecule has 0 amide bonds. The van der Waals surface area contributed by atoms with E-state index >= 15 is 0 Å². The van der Waals surface area contributed by atoms with Crippen molar-refractivity contribution in [3.63, 3.8) is 0 Å². The predicted molar refractivity (Wildman–Crippen MR) is 276 cm³/mol. The zero-order chi connectivity index (χ0) is 47.2. The van der Waals surface area contributed by atoms with Crippen LogP contribution in [-0.2, 0) is 49.1 Å². The zero-order valence-corrected chi connectivity index (χ0v) is 43.4. The van der Waals surface area contributed by atoms with Crippen LogP contribution in [0, 0.1) is 12.1 Å². The maximum atomic E-state index is 6.70. The van der Waals surface area contributed by atoms with Crippen molar-refractivity contribution < 1.29 is 29.9 Å². The molecule has 0 aliphatic carbocycles. The van der Waals surface area contributed by atoms with Crippen molar-refractivity contribution in [2.75, 3.05) is 0 Å². The molecule has 10 aromatic rings. The van der Waals surface area contributed by atoms with Gasteiger partial charge in [-0.15, -0.1) is 35.4 Å². The van der Waals surface area contributed by atoms with Crippen molar-refractivity contribution in [1.82, 2.24) is 19.9 Å². The Kier molecular flexibility index (Phi) is 11.8. The number of hydrogen-bond donors (Lipinski definition) is 0. The van der Waals surface area contributed by atoms with Crippen LogP contribution in [0.3, 0.4) is 0 Å². The second-order valence-electron chi connectivity index (χ2n) is 22.2. The summed E-state index contributed by atoms with van der Waals surface area (Å²) in [4.78, 5) is 19.8. The molecule has 0 unspecified atom stereocenters. The van der Waals surface area contributed by atoms with E-state index < -0.39 is 0 Å². The summed E-state index contributed by atoms with van der Waals surface area (Å²) in [7, 11) is 0. The van der Waals surface area contributed by atoms with Crippen LogP contribution >= 0.6 is 0 Å². The van der Waals surface area contributed by atoms with Crippen molar-refractivity contribution in [1.29, 1.82) is 0 Å². The van der Waals surface area contributed by atoms with Crippen LogP contribution in [0.4, 0.5) is 0 Å². The maximum absolute atomic E-state index is 6.70. The van der Waals surface area contributed by atoms with Crippen molar-refractivity contribution in [3.05, 3.63) is 167 Å². The molecule has 6 nitrogen and oxygen atoms in total. The van der Waals surface area contributed by atoms with Gasteiger partial charge in [0.15, 0.2) is 0 Å². The van der Waals surface area contributed by atoms with E-state index in [1.54, 1.807) is 12.7 Å². The van der Waals surface area contributed by atoms with Gasteiger partial charge in [0.2, 0.25) is 0 Å². The fraction of sp³-hybridized carbons (Fsp3) is 0.279. The average Bonchev–Trinajstić information content (AvgIpc) is 3.85. The van der Waals surface area contributed by atoms with Gasteiger partial charge in [0.25, 0.3) is 0 Å². The molecular weight excluding hydrogens is 1020 g/mol. The van der Waals surface area contributed by atoms with E-state index in [9.17, 15) is 0 Å². The van der Waals surface area contributed by atoms with Gasteiger partial charge in [0, 0.05) is 21.9 Å². The Labute approximate surface area is 415 Å². The first kappa shape index (κ1) is 46.9. The van der Waals surface area contributed by atoms with Crippen molar-refractivity contribution in [3.8, 4) is 45.0 Å². The van der Waals surface area contributed by atoms with E-state index in [0.29, 0.717) is 6.42 Å². The second kappa shape index (κ2) is 17.1. The first-order chi connectivity index (χ1) is 31.7. The van der Waals surface area contributed by atoms with E-state index in [-0.39, 0.29) is 42.7 Å².